The quantitative estimate of drug-likeness (QED) is 0.511. The third-order valence-corrected chi connectivity index (χ3v) is 5.83. The number of aromatic nitrogens is 2. The highest BCUT2D eigenvalue weighted by Gasteiger charge is 2.58. The minimum absolute atomic E-state index is 0.162. The summed E-state index contributed by atoms with van der Waals surface area (Å²) in [5, 5.41) is 12.1. The number of nitrogens with one attached hydrogen (secondary N) is 2. The second kappa shape index (κ2) is 9.18. The standard InChI is InChI=1S/C24H22N4O7/c1-14-27-28-20(33-14)15-4-6-17(7-5-15)34-18-8-10-19(11-9-18)35-24(16-3-2-12-32-13-16)21(29)25-23(31)26-22(24)30/h4-11,16H,2-3,12-13H2,1H3,(H2,25,26,29,30,31). The van der Waals surface area contributed by atoms with Crippen LogP contribution in [0, 0.1) is 12.8 Å². The highest BCUT2D eigenvalue weighted by Crippen LogP contribution is 2.34. The number of ether oxygens (including phenoxy) is 3. The zero-order valence-corrected chi connectivity index (χ0v) is 18.8. The van der Waals surface area contributed by atoms with Gasteiger partial charge in [0.2, 0.25) is 11.8 Å². The zero-order chi connectivity index (χ0) is 24.4. The summed E-state index contributed by atoms with van der Waals surface area (Å²) in [6.45, 7) is 2.42. The smallest absolute Gasteiger partial charge is 0.328 e. The summed E-state index contributed by atoms with van der Waals surface area (Å²) in [6, 6.07) is 12.8. The first-order valence-electron chi connectivity index (χ1n) is 11.1. The van der Waals surface area contributed by atoms with Crippen molar-refractivity contribution in [3.05, 3.63) is 54.4 Å². The maximum Gasteiger partial charge on any atom is 0.328 e. The van der Waals surface area contributed by atoms with Crippen molar-refractivity contribution >= 4 is 17.8 Å². The fraction of sp³-hybridized carbons (Fsp3) is 0.292. The second-order valence-electron chi connectivity index (χ2n) is 8.21. The van der Waals surface area contributed by atoms with Crippen LogP contribution < -0.4 is 20.1 Å². The monoisotopic (exact) mass is 478 g/mol. The van der Waals surface area contributed by atoms with Crippen molar-refractivity contribution in [2.45, 2.75) is 25.4 Å². The lowest BCUT2D eigenvalue weighted by atomic mass is 9.80. The van der Waals surface area contributed by atoms with Crippen molar-refractivity contribution in [1.29, 1.82) is 0 Å². The summed E-state index contributed by atoms with van der Waals surface area (Å²) in [5.74, 6) is 0.101. The first kappa shape index (κ1) is 22.5. The summed E-state index contributed by atoms with van der Waals surface area (Å²) in [4.78, 5) is 37.4. The van der Waals surface area contributed by atoms with Crippen molar-refractivity contribution in [3.8, 4) is 28.7 Å². The van der Waals surface area contributed by atoms with Crippen molar-refractivity contribution in [1.82, 2.24) is 20.8 Å². The first-order valence-corrected chi connectivity index (χ1v) is 11.1. The van der Waals surface area contributed by atoms with E-state index < -0.39 is 29.4 Å². The van der Waals surface area contributed by atoms with E-state index in [0.29, 0.717) is 42.7 Å². The molecule has 1 atom stereocenters. The van der Waals surface area contributed by atoms with Gasteiger partial charge >= 0.3 is 6.03 Å². The van der Waals surface area contributed by atoms with E-state index in [2.05, 4.69) is 20.8 Å². The maximum atomic E-state index is 12.9. The van der Waals surface area contributed by atoms with Gasteiger partial charge in [-0.05, 0) is 61.4 Å². The predicted octanol–water partition coefficient (Wildman–Crippen LogP) is 2.75. The first-order chi connectivity index (χ1) is 16.9. The van der Waals surface area contributed by atoms with E-state index in [4.69, 9.17) is 18.6 Å². The molecule has 2 aliphatic rings. The zero-order valence-electron chi connectivity index (χ0n) is 18.8. The Labute approximate surface area is 199 Å². The number of nitrogens with zero attached hydrogens (tertiary/aromatic N) is 2. The van der Waals surface area contributed by atoms with Crippen LogP contribution in [-0.2, 0) is 14.3 Å². The molecule has 4 amide bonds. The molecule has 5 rings (SSSR count). The molecular formula is C24H22N4O7. The highest BCUT2D eigenvalue weighted by atomic mass is 16.5. The van der Waals surface area contributed by atoms with Gasteiger partial charge in [-0.25, -0.2) is 4.79 Å². The largest absolute Gasteiger partial charge is 0.467 e. The van der Waals surface area contributed by atoms with Gasteiger partial charge in [0.25, 0.3) is 17.4 Å². The molecule has 1 aromatic heterocycles. The molecule has 35 heavy (non-hydrogen) atoms. The molecule has 2 aromatic carbocycles. The lowest BCUT2D eigenvalue weighted by Crippen LogP contribution is -2.72. The Bertz CT molecular complexity index is 1230. The van der Waals surface area contributed by atoms with E-state index in [-0.39, 0.29) is 12.4 Å². The molecule has 11 nitrogen and oxygen atoms in total. The van der Waals surface area contributed by atoms with Gasteiger partial charge in [-0.3, -0.25) is 20.2 Å². The number of imide groups is 2. The third kappa shape index (κ3) is 4.45. The second-order valence-corrected chi connectivity index (χ2v) is 8.21. The predicted molar refractivity (Wildman–Crippen MR) is 120 cm³/mol. The number of urea groups is 1. The van der Waals surface area contributed by atoms with Crippen molar-refractivity contribution in [3.63, 3.8) is 0 Å². The Morgan fingerprint density at radius 2 is 1.54 bits per heavy atom. The third-order valence-electron chi connectivity index (χ3n) is 5.83. The molecule has 0 saturated carbocycles. The average molecular weight is 478 g/mol. The lowest BCUT2D eigenvalue weighted by molar-refractivity contribution is -0.162. The number of barbiturate groups is 1. The molecule has 3 heterocycles. The topological polar surface area (TPSA) is 142 Å². The van der Waals surface area contributed by atoms with Crippen molar-refractivity contribution < 1.29 is 33.0 Å². The van der Waals surface area contributed by atoms with Gasteiger partial charge in [0.05, 0.1) is 6.61 Å². The number of hydrogen-bond donors (Lipinski definition) is 2. The van der Waals surface area contributed by atoms with Crippen molar-refractivity contribution in [2.75, 3.05) is 13.2 Å². The highest BCUT2D eigenvalue weighted by molar-refractivity contribution is 6.22. The Kier molecular flexibility index (Phi) is 5.91. The molecule has 2 N–H and O–H groups in total. The Morgan fingerprint density at radius 3 is 2.11 bits per heavy atom. The van der Waals surface area contributed by atoms with Crippen LogP contribution >= 0.6 is 0 Å². The van der Waals surface area contributed by atoms with Crippen LogP contribution in [0.1, 0.15) is 18.7 Å². The number of benzene rings is 2. The molecule has 1 unspecified atom stereocenters. The Morgan fingerprint density at radius 1 is 0.914 bits per heavy atom. The Hall–Kier alpha value is -4.25. The molecule has 180 valence electrons. The summed E-state index contributed by atoms with van der Waals surface area (Å²) < 4.78 is 22.8. The maximum absolute atomic E-state index is 12.9. The van der Waals surface area contributed by atoms with Gasteiger partial charge in [-0.2, -0.15) is 0 Å². The number of amides is 4. The number of rotatable bonds is 6. The molecular weight excluding hydrogens is 456 g/mol. The normalized spacial score (nSPS) is 19.6. The van der Waals surface area contributed by atoms with Crippen molar-refractivity contribution in [2.24, 2.45) is 5.92 Å². The number of aryl methyl sites for hydroxylation is 1. The van der Waals surface area contributed by atoms with Crippen LogP contribution in [-0.4, -0.2) is 46.9 Å². The van der Waals surface area contributed by atoms with Gasteiger partial charge < -0.3 is 18.6 Å². The van der Waals surface area contributed by atoms with E-state index in [9.17, 15) is 14.4 Å². The van der Waals surface area contributed by atoms with Gasteiger partial charge in [-0.15, -0.1) is 10.2 Å². The fourth-order valence-corrected chi connectivity index (χ4v) is 4.11. The molecule has 11 heteroatoms. The van der Waals surface area contributed by atoms with Gasteiger partial charge in [0, 0.05) is 25.0 Å². The molecule has 2 saturated heterocycles. The molecule has 0 spiro atoms. The van der Waals surface area contributed by atoms with Gasteiger partial charge in [0.1, 0.15) is 17.2 Å². The fourth-order valence-electron chi connectivity index (χ4n) is 4.11. The summed E-state index contributed by atoms with van der Waals surface area (Å²) >= 11 is 0. The minimum Gasteiger partial charge on any atom is -0.467 e. The molecule has 2 aliphatic heterocycles. The van der Waals surface area contributed by atoms with Gasteiger partial charge in [0.15, 0.2) is 0 Å². The Balaban J connectivity index is 1.32. The molecule has 2 fully saturated rings. The van der Waals surface area contributed by atoms with Crippen LogP contribution in [0.25, 0.3) is 11.5 Å². The molecule has 0 bridgehead atoms. The minimum atomic E-state index is -1.92. The molecule has 0 aliphatic carbocycles. The van der Waals surface area contributed by atoms with E-state index in [0.717, 1.165) is 5.56 Å². The van der Waals surface area contributed by atoms with Crippen LogP contribution in [0.2, 0.25) is 0 Å². The van der Waals surface area contributed by atoms with Crippen LogP contribution in [0.4, 0.5) is 4.79 Å². The van der Waals surface area contributed by atoms with E-state index >= 15 is 0 Å². The molecule has 3 aromatic rings. The van der Waals surface area contributed by atoms with Crippen LogP contribution in [0.3, 0.4) is 0 Å². The number of carbonyl (C=O) groups excluding carboxylic acids is 3. The van der Waals surface area contributed by atoms with Crippen LogP contribution in [0.5, 0.6) is 17.2 Å². The molecule has 0 radical (unpaired) electrons. The number of carbonyl (C=O) groups is 3. The van der Waals surface area contributed by atoms with E-state index in [1.54, 1.807) is 55.5 Å². The summed E-state index contributed by atoms with van der Waals surface area (Å²) in [5.41, 5.74) is -1.15. The lowest BCUT2D eigenvalue weighted by Gasteiger charge is -2.41. The van der Waals surface area contributed by atoms with Crippen LogP contribution in [0.15, 0.2) is 52.9 Å². The van der Waals surface area contributed by atoms with E-state index in [1.165, 1.54) is 0 Å². The number of hydrogen-bond acceptors (Lipinski definition) is 9. The average Bonchev–Trinajstić information content (AvgIpc) is 3.30. The summed E-state index contributed by atoms with van der Waals surface area (Å²) in [6.07, 6.45) is 1.21. The van der Waals surface area contributed by atoms with Gasteiger partial charge in [-0.1, -0.05) is 0 Å². The SMILES string of the molecule is Cc1nnc(-c2ccc(Oc3ccc(OC4(C5CCCOC5)C(=O)NC(=O)NC4=O)cc3)cc2)o1. The van der Waals surface area contributed by atoms with E-state index in [1.807, 2.05) is 0 Å². The summed E-state index contributed by atoms with van der Waals surface area (Å²) in [7, 11) is 0.